The van der Waals surface area contributed by atoms with Gasteiger partial charge in [-0.1, -0.05) is 11.8 Å². The van der Waals surface area contributed by atoms with E-state index in [1.54, 1.807) is 29.1 Å². The first-order valence-corrected chi connectivity index (χ1v) is 8.90. The number of non-ortho nitro benzene ring substituents is 1. The Morgan fingerprint density at radius 2 is 2.00 bits per heavy atom. The first-order chi connectivity index (χ1) is 13.0. The number of halogens is 1. The Labute approximate surface area is 156 Å². The molecule has 0 aliphatic carbocycles. The van der Waals surface area contributed by atoms with E-state index in [4.69, 9.17) is 0 Å². The average molecular weight is 384 g/mol. The summed E-state index contributed by atoms with van der Waals surface area (Å²) in [6, 6.07) is 10.6. The lowest BCUT2D eigenvalue weighted by atomic mass is 10.2. The number of benzene rings is 2. The van der Waals surface area contributed by atoms with E-state index in [2.05, 4.69) is 15.2 Å². The zero-order valence-corrected chi connectivity index (χ0v) is 14.9. The van der Waals surface area contributed by atoms with Crippen LogP contribution >= 0.6 is 11.8 Å². The molecule has 27 heavy (non-hydrogen) atoms. The predicted molar refractivity (Wildman–Crippen MR) is 98.2 cm³/mol. The standard InChI is InChI=1S/C17H13FN6O2S/c1-22-10-19-21-17(22)27-9-16-20-14-8-13(24(25)26)6-7-15(14)23(16)12-4-2-11(18)3-5-12/h2-8,10H,9H2,1H3. The second-order valence-corrected chi connectivity index (χ2v) is 6.73. The largest absolute Gasteiger partial charge is 0.312 e. The topological polar surface area (TPSA) is 91.7 Å². The number of rotatable bonds is 5. The molecule has 0 atom stereocenters. The van der Waals surface area contributed by atoms with Crippen LogP contribution in [0.5, 0.6) is 0 Å². The maximum Gasteiger partial charge on any atom is 0.271 e. The summed E-state index contributed by atoms with van der Waals surface area (Å²) in [5.74, 6) is 0.797. The molecular weight excluding hydrogens is 371 g/mol. The van der Waals surface area contributed by atoms with Gasteiger partial charge in [0.25, 0.3) is 5.69 Å². The number of hydrogen-bond donors (Lipinski definition) is 0. The van der Waals surface area contributed by atoms with Crippen LogP contribution in [0.1, 0.15) is 5.82 Å². The van der Waals surface area contributed by atoms with E-state index in [1.807, 2.05) is 11.6 Å². The molecule has 0 aliphatic rings. The van der Waals surface area contributed by atoms with Crippen molar-refractivity contribution in [3.8, 4) is 5.69 Å². The Morgan fingerprint density at radius 3 is 2.67 bits per heavy atom. The van der Waals surface area contributed by atoms with Gasteiger partial charge in [-0.15, -0.1) is 10.2 Å². The number of hydrogen-bond acceptors (Lipinski definition) is 6. The van der Waals surface area contributed by atoms with Crippen LogP contribution in [-0.4, -0.2) is 29.2 Å². The Morgan fingerprint density at radius 1 is 1.22 bits per heavy atom. The molecule has 0 saturated heterocycles. The van der Waals surface area contributed by atoms with Crippen LogP contribution in [-0.2, 0) is 12.8 Å². The Hall–Kier alpha value is -3.27. The number of aryl methyl sites for hydroxylation is 1. The van der Waals surface area contributed by atoms with Crippen LogP contribution in [0.2, 0.25) is 0 Å². The highest BCUT2D eigenvalue weighted by Crippen LogP contribution is 2.28. The molecule has 0 fully saturated rings. The van der Waals surface area contributed by atoms with E-state index in [1.165, 1.54) is 36.0 Å². The van der Waals surface area contributed by atoms with E-state index in [0.29, 0.717) is 22.6 Å². The van der Waals surface area contributed by atoms with Crippen LogP contribution in [0.25, 0.3) is 16.7 Å². The molecule has 4 rings (SSSR count). The molecule has 4 aromatic rings. The fourth-order valence-corrected chi connectivity index (χ4v) is 3.55. The highest BCUT2D eigenvalue weighted by atomic mass is 32.2. The lowest BCUT2D eigenvalue weighted by molar-refractivity contribution is -0.384. The number of aromatic nitrogens is 5. The van der Waals surface area contributed by atoms with Crippen LogP contribution in [0.4, 0.5) is 10.1 Å². The minimum atomic E-state index is -0.454. The Kier molecular flexibility index (Phi) is 4.32. The number of nitro groups is 1. The smallest absolute Gasteiger partial charge is 0.271 e. The van der Waals surface area contributed by atoms with Gasteiger partial charge in [0.05, 0.1) is 21.7 Å². The van der Waals surface area contributed by atoms with E-state index >= 15 is 0 Å². The van der Waals surface area contributed by atoms with Crippen LogP contribution in [0.3, 0.4) is 0 Å². The van der Waals surface area contributed by atoms with Crippen molar-refractivity contribution < 1.29 is 9.31 Å². The van der Waals surface area contributed by atoms with Crippen molar-refractivity contribution in [2.24, 2.45) is 7.05 Å². The zero-order chi connectivity index (χ0) is 19.0. The van der Waals surface area contributed by atoms with Crippen molar-refractivity contribution in [3.63, 3.8) is 0 Å². The number of nitro benzene ring substituents is 1. The molecule has 0 amide bonds. The molecule has 10 heteroatoms. The van der Waals surface area contributed by atoms with Gasteiger partial charge in [0.1, 0.15) is 18.0 Å². The summed E-state index contributed by atoms with van der Waals surface area (Å²) in [7, 11) is 1.84. The molecule has 0 N–H and O–H groups in total. The van der Waals surface area contributed by atoms with Gasteiger partial charge in [0.2, 0.25) is 0 Å². The summed E-state index contributed by atoms with van der Waals surface area (Å²) in [5, 5.41) is 19.7. The molecule has 2 aromatic carbocycles. The maximum atomic E-state index is 13.3. The van der Waals surface area contributed by atoms with Crippen LogP contribution in [0, 0.1) is 15.9 Å². The molecule has 2 aromatic heterocycles. The summed E-state index contributed by atoms with van der Waals surface area (Å²) in [6.45, 7) is 0. The second-order valence-electron chi connectivity index (χ2n) is 5.78. The molecule has 136 valence electrons. The van der Waals surface area contributed by atoms with Crippen LogP contribution in [0.15, 0.2) is 53.9 Å². The molecule has 2 heterocycles. The monoisotopic (exact) mass is 384 g/mol. The summed E-state index contributed by atoms with van der Waals surface area (Å²) in [4.78, 5) is 15.2. The lowest BCUT2D eigenvalue weighted by Gasteiger charge is -2.09. The molecule has 0 aliphatic heterocycles. The van der Waals surface area contributed by atoms with Gasteiger partial charge in [0.15, 0.2) is 5.16 Å². The van der Waals surface area contributed by atoms with Gasteiger partial charge < -0.3 is 4.57 Å². The van der Waals surface area contributed by atoms with Crippen molar-refractivity contribution in [1.82, 2.24) is 24.3 Å². The summed E-state index contributed by atoms with van der Waals surface area (Å²) >= 11 is 1.44. The SMILES string of the molecule is Cn1cnnc1SCc1nc2cc([N+](=O)[O-])ccc2n1-c1ccc(F)cc1. The Bertz CT molecular complexity index is 1140. The number of fused-ring (bicyclic) bond motifs is 1. The average Bonchev–Trinajstić information content (AvgIpc) is 3.23. The maximum absolute atomic E-state index is 13.3. The quantitative estimate of drug-likeness (QED) is 0.297. The van der Waals surface area contributed by atoms with Gasteiger partial charge in [0, 0.05) is 24.9 Å². The first-order valence-electron chi connectivity index (χ1n) is 7.91. The number of nitrogens with zero attached hydrogens (tertiary/aromatic N) is 6. The zero-order valence-electron chi connectivity index (χ0n) is 14.1. The molecule has 0 spiro atoms. The number of imidazole rings is 1. The summed E-state index contributed by atoms with van der Waals surface area (Å²) in [5.41, 5.74) is 1.91. The van der Waals surface area contributed by atoms with Crippen molar-refractivity contribution >= 4 is 28.5 Å². The first kappa shape index (κ1) is 17.2. The molecule has 0 bridgehead atoms. The van der Waals surface area contributed by atoms with E-state index in [0.717, 1.165) is 10.8 Å². The molecule has 0 unspecified atom stereocenters. The van der Waals surface area contributed by atoms with E-state index in [-0.39, 0.29) is 11.5 Å². The molecule has 0 saturated carbocycles. The third-order valence-corrected chi connectivity index (χ3v) is 5.03. The second kappa shape index (κ2) is 6.80. The highest BCUT2D eigenvalue weighted by Gasteiger charge is 2.17. The number of thioether (sulfide) groups is 1. The van der Waals surface area contributed by atoms with E-state index in [9.17, 15) is 14.5 Å². The molecule has 8 nitrogen and oxygen atoms in total. The fourth-order valence-electron chi connectivity index (χ4n) is 2.74. The van der Waals surface area contributed by atoms with Crippen molar-refractivity contribution in [1.29, 1.82) is 0 Å². The summed E-state index contributed by atoms with van der Waals surface area (Å²) in [6.07, 6.45) is 1.61. The van der Waals surface area contributed by atoms with Crippen molar-refractivity contribution in [3.05, 3.63) is 70.5 Å². The van der Waals surface area contributed by atoms with Crippen LogP contribution < -0.4 is 0 Å². The normalized spacial score (nSPS) is 11.2. The van der Waals surface area contributed by atoms with Gasteiger partial charge >= 0.3 is 0 Å². The summed E-state index contributed by atoms with van der Waals surface area (Å²) < 4.78 is 17.0. The van der Waals surface area contributed by atoms with Gasteiger partial charge in [-0.2, -0.15) is 0 Å². The molecule has 0 radical (unpaired) electrons. The Balaban J connectivity index is 1.82. The minimum Gasteiger partial charge on any atom is -0.312 e. The van der Waals surface area contributed by atoms with Gasteiger partial charge in [-0.3, -0.25) is 14.7 Å². The third kappa shape index (κ3) is 3.26. The predicted octanol–water partition coefficient (Wildman–Crippen LogP) is 3.49. The minimum absolute atomic E-state index is 0.0289. The fraction of sp³-hybridized carbons (Fsp3) is 0.118. The van der Waals surface area contributed by atoms with Gasteiger partial charge in [-0.25, -0.2) is 9.37 Å². The lowest BCUT2D eigenvalue weighted by Crippen LogP contribution is -2.01. The third-order valence-electron chi connectivity index (χ3n) is 4.00. The highest BCUT2D eigenvalue weighted by molar-refractivity contribution is 7.98. The molecular formula is C17H13FN6O2S. The van der Waals surface area contributed by atoms with Gasteiger partial charge in [-0.05, 0) is 30.3 Å². The van der Waals surface area contributed by atoms with E-state index < -0.39 is 4.92 Å². The van der Waals surface area contributed by atoms with Crippen molar-refractivity contribution in [2.45, 2.75) is 10.9 Å². The van der Waals surface area contributed by atoms with Crippen molar-refractivity contribution in [2.75, 3.05) is 0 Å².